The van der Waals surface area contributed by atoms with Crippen molar-refractivity contribution in [3.63, 3.8) is 0 Å². The standard InChI is InChI=1S/C21H35N7O2/c1-4-20-26-25-16-28(20)8-7-22-21(23-12-18-6-5-10-29-18)24-13-19-15-27(9-11-30-19)14-17(2)3/h5-6,10,16-17,19H,4,7-9,11-15H2,1-3H3,(H2,22,23,24). The van der Waals surface area contributed by atoms with Crippen LogP contribution in [0.3, 0.4) is 0 Å². The van der Waals surface area contributed by atoms with Gasteiger partial charge in [-0.1, -0.05) is 20.8 Å². The van der Waals surface area contributed by atoms with E-state index >= 15 is 0 Å². The van der Waals surface area contributed by atoms with E-state index in [0.29, 0.717) is 19.0 Å². The van der Waals surface area contributed by atoms with Crippen molar-refractivity contribution in [2.45, 2.75) is 46.4 Å². The topological polar surface area (TPSA) is 92.7 Å². The van der Waals surface area contributed by atoms with Gasteiger partial charge in [0, 0.05) is 45.7 Å². The molecule has 0 spiro atoms. The Hall–Kier alpha value is -2.39. The van der Waals surface area contributed by atoms with Crippen molar-refractivity contribution in [1.82, 2.24) is 30.3 Å². The zero-order valence-electron chi connectivity index (χ0n) is 18.4. The van der Waals surface area contributed by atoms with Crippen molar-refractivity contribution >= 4 is 5.96 Å². The lowest BCUT2D eigenvalue weighted by molar-refractivity contribution is -0.0284. The summed E-state index contributed by atoms with van der Waals surface area (Å²) in [6.45, 7) is 13.1. The molecule has 3 rings (SSSR count). The number of hydrogen-bond acceptors (Lipinski definition) is 6. The molecule has 2 aromatic heterocycles. The summed E-state index contributed by atoms with van der Waals surface area (Å²) < 4.78 is 13.4. The van der Waals surface area contributed by atoms with E-state index < -0.39 is 0 Å². The van der Waals surface area contributed by atoms with Crippen LogP contribution in [-0.4, -0.2) is 71.1 Å². The minimum absolute atomic E-state index is 0.151. The lowest BCUT2D eigenvalue weighted by atomic mass is 10.2. The van der Waals surface area contributed by atoms with Gasteiger partial charge in [0.15, 0.2) is 5.96 Å². The Kier molecular flexibility index (Phi) is 8.70. The molecular formula is C21H35N7O2. The Morgan fingerprint density at radius 3 is 3.03 bits per heavy atom. The van der Waals surface area contributed by atoms with Gasteiger partial charge in [-0.2, -0.15) is 0 Å². The maximum atomic E-state index is 5.96. The molecule has 1 aliphatic rings. The summed E-state index contributed by atoms with van der Waals surface area (Å²) in [5.74, 6) is 3.23. The fourth-order valence-electron chi connectivity index (χ4n) is 3.56. The van der Waals surface area contributed by atoms with Gasteiger partial charge >= 0.3 is 0 Å². The molecule has 0 aromatic carbocycles. The van der Waals surface area contributed by atoms with E-state index in [-0.39, 0.29) is 6.10 Å². The van der Waals surface area contributed by atoms with Crippen molar-refractivity contribution < 1.29 is 9.15 Å². The van der Waals surface area contributed by atoms with Crippen LogP contribution in [0.25, 0.3) is 0 Å². The zero-order chi connectivity index (χ0) is 21.2. The zero-order valence-corrected chi connectivity index (χ0v) is 18.4. The second-order valence-corrected chi connectivity index (χ2v) is 7.99. The van der Waals surface area contributed by atoms with Gasteiger partial charge < -0.3 is 24.4 Å². The number of rotatable bonds is 10. The molecular weight excluding hydrogens is 382 g/mol. The lowest BCUT2D eigenvalue weighted by Gasteiger charge is -2.34. The van der Waals surface area contributed by atoms with Crippen LogP contribution in [0.4, 0.5) is 0 Å². The van der Waals surface area contributed by atoms with E-state index in [2.05, 4.69) is 56.1 Å². The molecule has 1 unspecified atom stereocenters. The van der Waals surface area contributed by atoms with E-state index in [9.17, 15) is 0 Å². The molecule has 0 amide bonds. The fourth-order valence-corrected chi connectivity index (χ4v) is 3.56. The summed E-state index contributed by atoms with van der Waals surface area (Å²) in [7, 11) is 0. The van der Waals surface area contributed by atoms with Gasteiger partial charge in [-0.05, 0) is 18.1 Å². The van der Waals surface area contributed by atoms with E-state index in [1.54, 1.807) is 12.6 Å². The van der Waals surface area contributed by atoms with E-state index in [1.807, 2.05) is 12.1 Å². The van der Waals surface area contributed by atoms with Crippen LogP contribution in [0.1, 0.15) is 32.4 Å². The quantitative estimate of drug-likeness (QED) is 0.447. The number of guanidine groups is 1. The summed E-state index contributed by atoms with van der Waals surface area (Å²) in [6, 6.07) is 3.81. The molecule has 2 aromatic rings. The molecule has 3 heterocycles. The normalized spacial score (nSPS) is 18.1. The van der Waals surface area contributed by atoms with Crippen LogP contribution < -0.4 is 10.6 Å². The molecule has 9 heteroatoms. The molecule has 0 aliphatic carbocycles. The number of furan rings is 1. The molecule has 9 nitrogen and oxygen atoms in total. The smallest absolute Gasteiger partial charge is 0.191 e. The molecule has 1 saturated heterocycles. The van der Waals surface area contributed by atoms with Crippen LogP contribution in [0, 0.1) is 5.92 Å². The molecule has 1 fully saturated rings. The molecule has 166 valence electrons. The number of aryl methyl sites for hydroxylation is 1. The van der Waals surface area contributed by atoms with E-state index in [0.717, 1.165) is 63.3 Å². The van der Waals surface area contributed by atoms with Crippen LogP contribution in [0.5, 0.6) is 0 Å². The number of morpholine rings is 1. The Morgan fingerprint density at radius 1 is 1.37 bits per heavy atom. The van der Waals surface area contributed by atoms with E-state index in [1.165, 1.54) is 0 Å². The van der Waals surface area contributed by atoms with Crippen molar-refractivity contribution in [2.75, 3.05) is 39.3 Å². The number of aromatic nitrogens is 3. The van der Waals surface area contributed by atoms with Gasteiger partial charge in [0.1, 0.15) is 24.5 Å². The first-order valence-corrected chi connectivity index (χ1v) is 10.9. The maximum absolute atomic E-state index is 5.96. The largest absolute Gasteiger partial charge is 0.467 e. The highest BCUT2D eigenvalue weighted by Crippen LogP contribution is 2.07. The van der Waals surface area contributed by atoms with Gasteiger partial charge in [-0.25, -0.2) is 4.99 Å². The maximum Gasteiger partial charge on any atom is 0.191 e. The second kappa shape index (κ2) is 11.7. The summed E-state index contributed by atoms with van der Waals surface area (Å²) in [5, 5.41) is 15.0. The second-order valence-electron chi connectivity index (χ2n) is 7.99. The van der Waals surface area contributed by atoms with Crippen LogP contribution in [-0.2, 0) is 24.2 Å². The van der Waals surface area contributed by atoms with Crippen LogP contribution in [0.2, 0.25) is 0 Å². The first-order chi connectivity index (χ1) is 14.6. The average molecular weight is 418 g/mol. The highest BCUT2D eigenvalue weighted by Gasteiger charge is 2.21. The Balaban J connectivity index is 1.52. The third kappa shape index (κ3) is 7.14. The molecule has 0 bridgehead atoms. The first kappa shape index (κ1) is 22.3. The van der Waals surface area contributed by atoms with Gasteiger partial charge in [0.25, 0.3) is 0 Å². The van der Waals surface area contributed by atoms with Gasteiger partial charge in [-0.3, -0.25) is 4.90 Å². The number of ether oxygens (including phenoxy) is 1. The monoisotopic (exact) mass is 417 g/mol. The molecule has 1 aliphatic heterocycles. The minimum atomic E-state index is 0.151. The fraction of sp³-hybridized carbons (Fsp3) is 0.667. The predicted molar refractivity (Wildman–Crippen MR) is 116 cm³/mol. The number of nitrogens with one attached hydrogen (secondary N) is 2. The number of aliphatic imine (C=N–C) groups is 1. The minimum Gasteiger partial charge on any atom is -0.467 e. The Morgan fingerprint density at radius 2 is 2.27 bits per heavy atom. The average Bonchev–Trinajstić information content (AvgIpc) is 3.41. The highest BCUT2D eigenvalue weighted by atomic mass is 16.5. The lowest BCUT2D eigenvalue weighted by Crippen LogP contribution is -2.50. The van der Waals surface area contributed by atoms with Gasteiger partial charge in [0.05, 0.1) is 19.0 Å². The third-order valence-electron chi connectivity index (χ3n) is 4.97. The molecule has 0 saturated carbocycles. The third-order valence-corrected chi connectivity index (χ3v) is 4.97. The Labute approximate surface area is 178 Å². The highest BCUT2D eigenvalue weighted by molar-refractivity contribution is 5.79. The van der Waals surface area contributed by atoms with Crippen LogP contribution >= 0.6 is 0 Å². The molecule has 2 N–H and O–H groups in total. The number of nitrogens with zero attached hydrogens (tertiary/aromatic N) is 5. The van der Waals surface area contributed by atoms with Crippen molar-refractivity contribution in [3.8, 4) is 0 Å². The molecule has 1 atom stereocenters. The van der Waals surface area contributed by atoms with Crippen LogP contribution in [0.15, 0.2) is 34.1 Å². The summed E-state index contributed by atoms with van der Waals surface area (Å²) in [5.41, 5.74) is 0. The summed E-state index contributed by atoms with van der Waals surface area (Å²) >= 11 is 0. The van der Waals surface area contributed by atoms with Crippen molar-refractivity contribution in [3.05, 3.63) is 36.3 Å². The molecule has 0 radical (unpaired) electrons. The van der Waals surface area contributed by atoms with E-state index in [4.69, 9.17) is 9.15 Å². The van der Waals surface area contributed by atoms with Crippen molar-refractivity contribution in [1.29, 1.82) is 0 Å². The van der Waals surface area contributed by atoms with Gasteiger partial charge in [0.2, 0.25) is 0 Å². The van der Waals surface area contributed by atoms with Gasteiger partial charge in [-0.15, -0.1) is 10.2 Å². The summed E-state index contributed by atoms with van der Waals surface area (Å²) in [6.07, 6.45) is 4.46. The Bertz CT molecular complexity index is 757. The number of hydrogen-bond donors (Lipinski definition) is 2. The van der Waals surface area contributed by atoms with Crippen molar-refractivity contribution in [2.24, 2.45) is 10.9 Å². The summed E-state index contributed by atoms with van der Waals surface area (Å²) in [4.78, 5) is 7.15. The predicted octanol–water partition coefficient (Wildman–Crippen LogP) is 1.53. The molecule has 30 heavy (non-hydrogen) atoms. The SMILES string of the molecule is CCc1nncn1CCNC(=NCc1ccco1)NCC1CN(CC(C)C)CCO1. The first-order valence-electron chi connectivity index (χ1n) is 10.9.